The molecule has 1 fully saturated rings. The van der Waals surface area contributed by atoms with E-state index in [0.29, 0.717) is 19.6 Å². The van der Waals surface area contributed by atoms with Crippen LogP contribution in [-0.2, 0) is 9.53 Å². The smallest absolute Gasteiger partial charge is 0.175 e. The summed E-state index contributed by atoms with van der Waals surface area (Å²) in [5.41, 5.74) is 0. The number of ketones is 1. The second kappa shape index (κ2) is 5.23. The first kappa shape index (κ1) is 12.0. The van der Waals surface area contributed by atoms with E-state index in [4.69, 9.17) is 9.47 Å². The highest BCUT2D eigenvalue weighted by molar-refractivity contribution is 5.82. The van der Waals surface area contributed by atoms with Crippen molar-refractivity contribution in [1.29, 1.82) is 0 Å². The maximum absolute atomic E-state index is 12.8. The van der Waals surface area contributed by atoms with E-state index >= 15 is 0 Å². The van der Waals surface area contributed by atoms with Crippen LogP contribution in [0.4, 0.5) is 8.78 Å². The summed E-state index contributed by atoms with van der Waals surface area (Å²) in [5.74, 6) is -1.99. The summed E-state index contributed by atoms with van der Waals surface area (Å²) in [7, 11) is 0. The van der Waals surface area contributed by atoms with Crippen molar-refractivity contribution in [3.8, 4) is 5.75 Å². The van der Waals surface area contributed by atoms with Crippen LogP contribution in [0, 0.1) is 17.6 Å². The van der Waals surface area contributed by atoms with Crippen molar-refractivity contribution < 1.29 is 23.0 Å². The number of Topliss-reactive ketones (excluding diaryl/α,β-unsaturated/α-hetero) is 1. The van der Waals surface area contributed by atoms with Crippen molar-refractivity contribution >= 4 is 5.78 Å². The molecule has 1 heterocycles. The Morgan fingerprint density at radius 2 is 2.24 bits per heavy atom. The molecule has 0 saturated carbocycles. The Bertz CT molecular complexity index is 414. The monoisotopic (exact) mass is 242 g/mol. The lowest BCUT2D eigenvalue weighted by atomic mass is 10.0. The molecule has 0 N–H and O–H groups in total. The Balaban J connectivity index is 1.88. The van der Waals surface area contributed by atoms with E-state index in [0.717, 1.165) is 12.1 Å². The normalized spacial score (nSPS) is 19.3. The first-order chi connectivity index (χ1) is 8.16. The van der Waals surface area contributed by atoms with Crippen molar-refractivity contribution in [3.05, 3.63) is 29.8 Å². The van der Waals surface area contributed by atoms with E-state index in [-0.39, 0.29) is 24.1 Å². The Morgan fingerprint density at radius 3 is 2.88 bits per heavy atom. The van der Waals surface area contributed by atoms with Gasteiger partial charge in [0.25, 0.3) is 0 Å². The van der Waals surface area contributed by atoms with Gasteiger partial charge in [-0.25, -0.2) is 8.78 Å². The number of rotatable bonds is 4. The highest BCUT2D eigenvalue weighted by Crippen LogP contribution is 2.17. The molecule has 0 aromatic heterocycles. The predicted octanol–water partition coefficient (Wildman–Crippen LogP) is 1.95. The fourth-order valence-electron chi connectivity index (χ4n) is 1.63. The molecule has 92 valence electrons. The van der Waals surface area contributed by atoms with Crippen LogP contribution in [0.15, 0.2) is 18.2 Å². The third-order valence-electron chi connectivity index (χ3n) is 2.66. The SMILES string of the molecule is O=C(COc1ccc(F)c(F)c1)C1CCOC1. The fraction of sp³-hybridized carbons (Fsp3) is 0.417. The minimum absolute atomic E-state index is 0.0766. The van der Waals surface area contributed by atoms with Gasteiger partial charge in [0, 0.05) is 18.6 Å². The van der Waals surface area contributed by atoms with Gasteiger partial charge in [-0.15, -0.1) is 0 Å². The second-order valence-electron chi connectivity index (χ2n) is 3.89. The van der Waals surface area contributed by atoms with E-state index in [1.807, 2.05) is 0 Å². The van der Waals surface area contributed by atoms with Gasteiger partial charge in [-0.3, -0.25) is 4.79 Å². The number of halogens is 2. The molecule has 1 saturated heterocycles. The Labute approximate surface area is 97.3 Å². The molecular formula is C12H12F2O3. The lowest BCUT2D eigenvalue weighted by molar-refractivity contribution is -0.124. The maximum atomic E-state index is 12.8. The van der Waals surface area contributed by atoms with Crippen molar-refractivity contribution in [2.24, 2.45) is 5.92 Å². The highest BCUT2D eigenvalue weighted by atomic mass is 19.2. The number of carbonyl (C=O) groups is 1. The molecule has 1 aromatic rings. The van der Waals surface area contributed by atoms with Crippen LogP contribution in [0.25, 0.3) is 0 Å². The van der Waals surface area contributed by atoms with Crippen LogP contribution in [0.2, 0.25) is 0 Å². The standard InChI is InChI=1S/C12H12F2O3/c13-10-2-1-9(5-11(10)14)17-7-12(15)8-3-4-16-6-8/h1-2,5,8H,3-4,6-7H2. The van der Waals surface area contributed by atoms with Crippen LogP contribution in [0.1, 0.15) is 6.42 Å². The van der Waals surface area contributed by atoms with E-state index in [1.165, 1.54) is 6.07 Å². The predicted molar refractivity (Wildman–Crippen MR) is 55.8 cm³/mol. The van der Waals surface area contributed by atoms with Crippen molar-refractivity contribution in [3.63, 3.8) is 0 Å². The molecule has 5 heteroatoms. The summed E-state index contributed by atoms with van der Waals surface area (Å²) in [6.07, 6.45) is 0.694. The lowest BCUT2D eigenvalue weighted by Gasteiger charge is -2.08. The molecule has 0 bridgehead atoms. The molecule has 0 amide bonds. The molecule has 1 unspecified atom stereocenters. The molecule has 0 spiro atoms. The van der Waals surface area contributed by atoms with Gasteiger partial charge < -0.3 is 9.47 Å². The maximum Gasteiger partial charge on any atom is 0.175 e. The average molecular weight is 242 g/mol. The number of carbonyl (C=O) groups excluding carboxylic acids is 1. The zero-order chi connectivity index (χ0) is 12.3. The van der Waals surface area contributed by atoms with Gasteiger partial charge in [0.1, 0.15) is 12.4 Å². The minimum atomic E-state index is -0.987. The van der Waals surface area contributed by atoms with Gasteiger partial charge in [0.15, 0.2) is 17.4 Å². The molecule has 1 aromatic carbocycles. The molecule has 3 nitrogen and oxygen atoms in total. The van der Waals surface area contributed by atoms with Crippen LogP contribution >= 0.6 is 0 Å². The molecule has 0 radical (unpaired) electrons. The third-order valence-corrected chi connectivity index (χ3v) is 2.66. The van der Waals surface area contributed by atoms with Crippen molar-refractivity contribution in [1.82, 2.24) is 0 Å². The van der Waals surface area contributed by atoms with Gasteiger partial charge in [0.05, 0.1) is 6.61 Å². The van der Waals surface area contributed by atoms with E-state index in [2.05, 4.69) is 0 Å². The molecule has 1 aliphatic rings. The highest BCUT2D eigenvalue weighted by Gasteiger charge is 2.23. The average Bonchev–Trinajstić information content (AvgIpc) is 2.84. The summed E-state index contributed by atoms with van der Waals surface area (Å²) >= 11 is 0. The number of benzene rings is 1. The summed E-state index contributed by atoms with van der Waals surface area (Å²) in [6, 6.07) is 3.18. The summed E-state index contributed by atoms with van der Waals surface area (Å²) < 4.78 is 35.7. The minimum Gasteiger partial charge on any atom is -0.486 e. The van der Waals surface area contributed by atoms with Crippen molar-refractivity contribution in [2.45, 2.75) is 6.42 Å². The van der Waals surface area contributed by atoms with E-state index < -0.39 is 11.6 Å². The lowest BCUT2D eigenvalue weighted by Crippen LogP contribution is -2.21. The Morgan fingerprint density at radius 1 is 1.41 bits per heavy atom. The third kappa shape index (κ3) is 3.00. The topological polar surface area (TPSA) is 35.5 Å². The molecule has 17 heavy (non-hydrogen) atoms. The number of hydrogen-bond donors (Lipinski definition) is 0. The zero-order valence-electron chi connectivity index (χ0n) is 9.12. The molecule has 1 atom stereocenters. The molecular weight excluding hydrogens is 230 g/mol. The quantitative estimate of drug-likeness (QED) is 0.809. The van der Waals surface area contributed by atoms with Gasteiger partial charge in [0.2, 0.25) is 0 Å². The van der Waals surface area contributed by atoms with Gasteiger partial charge in [-0.1, -0.05) is 0 Å². The van der Waals surface area contributed by atoms with Crippen LogP contribution in [0.3, 0.4) is 0 Å². The fourth-order valence-corrected chi connectivity index (χ4v) is 1.63. The first-order valence-corrected chi connectivity index (χ1v) is 5.35. The summed E-state index contributed by atoms with van der Waals surface area (Å²) in [5, 5.41) is 0. The molecule has 0 aliphatic carbocycles. The zero-order valence-corrected chi connectivity index (χ0v) is 9.12. The van der Waals surface area contributed by atoms with Gasteiger partial charge in [-0.2, -0.15) is 0 Å². The van der Waals surface area contributed by atoms with Gasteiger partial charge in [-0.05, 0) is 18.6 Å². The molecule has 2 rings (SSSR count). The van der Waals surface area contributed by atoms with Crippen LogP contribution in [0.5, 0.6) is 5.75 Å². The molecule has 1 aliphatic heterocycles. The largest absolute Gasteiger partial charge is 0.486 e. The summed E-state index contributed by atoms with van der Waals surface area (Å²) in [6.45, 7) is 0.862. The second-order valence-corrected chi connectivity index (χ2v) is 3.89. The Hall–Kier alpha value is -1.49. The number of ether oxygens (including phenoxy) is 2. The summed E-state index contributed by atoms with van der Waals surface area (Å²) in [4.78, 5) is 11.6. The number of hydrogen-bond acceptors (Lipinski definition) is 3. The van der Waals surface area contributed by atoms with Gasteiger partial charge >= 0.3 is 0 Å². The van der Waals surface area contributed by atoms with Crippen LogP contribution in [-0.4, -0.2) is 25.6 Å². The van der Waals surface area contributed by atoms with Crippen molar-refractivity contribution in [2.75, 3.05) is 19.8 Å². The Kier molecular flexibility index (Phi) is 3.68. The van der Waals surface area contributed by atoms with E-state index in [1.54, 1.807) is 0 Å². The first-order valence-electron chi connectivity index (χ1n) is 5.35. The van der Waals surface area contributed by atoms with E-state index in [9.17, 15) is 13.6 Å². The van der Waals surface area contributed by atoms with Crippen LogP contribution < -0.4 is 4.74 Å².